The van der Waals surface area contributed by atoms with Crippen molar-refractivity contribution in [2.45, 2.75) is 51.6 Å². The molecule has 0 aliphatic heterocycles. The number of ether oxygens (including phenoxy) is 1. The lowest BCUT2D eigenvalue weighted by atomic mass is 10.1. The van der Waals surface area contributed by atoms with E-state index < -0.39 is 10.0 Å². The highest BCUT2D eigenvalue weighted by Gasteiger charge is 2.27. The first-order valence-corrected chi connectivity index (χ1v) is 13.0. The summed E-state index contributed by atoms with van der Waals surface area (Å²) < 4.78 is 35.7. The molecule has 0 unspecified atom stereocenters. The largest absolute Gasteiger partial charge is 0.497 e. The summed E-state index contributed by atoms with van der Waals surface area (Å²) in [5.41, 5.74) is 3.29. The van der Waals surface area contributed by atoms with E-state index in [0.29, 0.717) is 18.0 Å². The fourth-order valence-corrected chi connectivity index (χ4v) is 5.34. The van der Waals surface area contributed by atoms with Gasteiger partial charge in [0, 0.05) is 44.4 Å². The van der Waals surface area contributed by atoms with Crippen molar-refractivity contribution in [3.8, 4) is 5.75 Å². The minimum atomic E-state index is -3.90. The lowest BCUT2D eigenvalue weighted by Crippen LogP contribution is -2.40. The summed E-state index contributed by atoms with van der Waals surface area (Å²) in [6.07, 6.45) is 3.64. The molecule has 35 heavy (non-hydrogen) atoms. The highest BCUT2D eigenvalue weighted by molar-refractivity contribution is 7.92. The van der Waals surface area contributed by atoms with Gasteiger partial charge in [0.15, 0.2) is 0 Å². The average molecular weight is 499 g/mol. The summed E-state index contributed by atoms with van der Waals surface area (Å²) in [6.45, 7) is 8.14. The number of aromatic nitrogens is 2. The number of hydrogen-bond donors (Lipinski definition) is 0. The number of aryl methyl sites for hydroxylation is 3. The first-order valence-electron chi connectivity index (χ1n) is 11.5. The molecule has 0 aliphatic carbocycles. The van der Waals surface area contributed by atoms with Gasteiger partial charge in [-0.2, -0.15) is 5.10 Å². The van der Waals surface area contributed by atoms with Crippen molar-refractivity contribution < 1.29 is 17.9 Å². The molecule has 2 aromatic carbocycles. The van der Waals surface area contributed by atoms with E-state index in [4.69, 9.17) is 4.74 Å². The minimum absolute atomic E-state index is 0.0106. The first kappa shape index (κ1) is 26.3. The van der Waals surface area contributed by atoms with Crippen LogP contribution in [0.1, 0.15) is 37.0 Å². The Kier molecular flexibility index (Phi) is 8.22. The smallest absolute Gasteiger partial charge is 0.264 e. The first-order chi connectivity index (χ1) is 16.5. The highest BCUT2D eigenvalue weighted by Crippen LogP contribution is 2.27. The predicted octanol–water partition coefficient (Wildman–Crippen LogP) is 4.07. The van der Waals surface area contributed by atoms with E-state index >= 15 is 0 Å². The monoisotopic (exact) mass is 498 g/mol. The van der Waals surface area contributed by atoms with Crippen molar-refractivity contribution >= 4 is 21.6 Å². The van der Waals surface area contributed by atoms with Crippen LogP contribution in [-0.4, -0.2) is 48.7 Å². The Morgan fingerprint density at radius 1 is 1.09 bits per heavy atom. The average Bonchev–Trinajstić information content (AvgIpc) is 3.24. The Labute approximate surface area is 208 Å². The third-order valence-corrected chi connectivity index (χ3v) is 7.83. The maximum atomic E-state index is 13.7. The fraction of sp³-hybridized carbons (Fsp3) is 0.385. The van der Waals surface area contributed by atoms with Crippen LogP contribution in [0.15, 0.2) is 59.8 Å². The van der Waals surface area contributed by atoms with Gasteiger partial charge in [0.1, 0.15) is 5.75 Å². The van der Waals surface area contributed by atoms with Crippen molar-refractivity contribution in [2.24, 2.45) is 7.05 Å². The summed E-state index contributed by atoms with van der Waals surface area (Å²) in [6, 6.07) is 11.8. The van der Waals surface area contributed by atoms with Crippen LogP contribution in [-0.2, 0) is 28.4 Å². The van der Waals surface area contributed by atoms with E-state index in [1.54, 1.807) is 65.4 Å². The summed E-state index contributed by atoms with van der Waals surface area (Å²) in [5.74, 6) is 0.494. The zero-order valence-corrected chi connectivity index (χ0v) is 22.0. The van der Waals surface area contributed by atoms with Crippen LogP contribution in [0.25, 0.3) is 0 Å². The van der Waals surface area contributed by atoms with Crippen LogP contribution in [0, 0.1) is 13.8 Å². The second-order valence-corrected chi connectivity index (χ2v) is 10.8. The van der Waals surface area contributed by atoms with Gasteiger partial charge in [-0.3, -0.25) is 13.8 Å². The molecule has 1 aromatic heterocycles. The number of carbonyl (C=O) groups is 1. The van der Waals surface area contributed by atoms with Crippen LogP contribution in [0.5, 0.6) is 5.75 Å². The highest BCUT2D eigenvalue weighted by atomic mass is 32.2. The van der Waals surface area contributed by atoms with Crippen molar-refractivity contribution in [1.29, 1.82) is 0 Å². The maximum Gasteiger partial charge on any atom is 0.264 e. The van der Waals surface area contributed by atoms with Crippen molar-refractivity contribution in [3.63, 3.8) is 0 Å². The quantitative estimate of drug-likeness (QED) is 0.421. The van der Waals surface area contributed by atoms with E-state index in [9.17, 15) is 13.2 Å². The molecule has 3 rings (SSSR count). The van der Waals surface area contributed by atoms with Gasteiger partial charge in [0.05, 0.1) is 23.9 Å². The van der Waals surface area contributed by atoms with E-state index in [2.05, 4.69) is 5.10 Å². The van der Waals surface area contributed by atoms with Crippen LogP contribution in [0.4, 0.5) is 5.69 Å². The third-order valence-electron chi connectivity index (χ3n) is 6.01. The fourth-order valence-electron chi connectivity index (χ4n) is 3.79. The number of sulfonamides is 1. The van der Waals surface area contributed by atoms with Crippen molar-refractivity contribution in [3.05, 3.63) is 71.5 Å². The molecule has 1 heterocycles. The van der Waals surface area contributed by atoms with Gasteiger partial charge in [-0.05, 0) is 75.2 Å². The molecule has 0 fully saturated rings. The number of hydrogen-bond acceptors (Lipinski definition) is 5. The lowest BCUT2D eigenvalue weighted by molar-refractivity contribution is -0.133. The molecule has 1 amide bonds. The Morgan fingerprint density at radius 2 is 1.77 bits per heavy atom. The molecular weight excluding hydrogens is 464 g/mol. The van der Waals surface area contributed by atoms with Gasteiger partial charge < -0.3 is 9.64 Å². The van der Waals surface area contributed by atoms with Gasteiger partial charge in [0.25, 0.3) is 10.0 Å². The SMILES string of the molecule is COc1ccc(N(CCC(=O)N(Cc2cnn(C)c2)C(C)C)S(=O)(=O)c2ccc(C)c(C)c2)cc1. The molecular formula is C26H34N4O4S. The second kappa shape index (κ2) is 10.9. The number of carbonyl (C=O) groups excluding carboxylic acids is 1. The van der Waals surface area contributed by atoms with Gasteiger partial charge in [-0.1, -0.05) is 6.07 Å². The standard InChI is InChI=1S/C26H34N4O4S/c1-19(2)29(18-22-16-27-28(5)17-22)26(31)13-14-30(23-8-10-24(34-6)11-9-23)35(32,33)25-12-7-20(3)21(4)15-25/h7-12,15-17,19H,13-14,18H2,1-6H3. The van der Waals surface area contributed by atoms with E-state index in [0.717, 1.165) is 16.7 Å². The van der Waals surface area contributed by atoms with Crippen molar-refractivity contribution in [1.82, 2.24) is 14.7 Å². The summed E-state index contributed by atoms with van der Waals surface area (Å²) in [7, 11) is -0.517. The second-order valence-electron chi connectivity index (χ2n) is 8.91. The predicted molar refractivity (Wildman–Crippen MR) is 137 cm³/mol. The van der Waals surface area contributed by atoms with Gasteiger partial charge >= 0.3 is 0 Å². The van der Waals surface area contributed by atoms with E-state index in [1.165, 1.54) is 4.31 Å². The van der Waals surface area contributed by atoms with Crippen LogP contribution >= 0.6 is 0 Å². The Morgan fingerprint density at radius 3 is 2.31 bits per heavy atom. The summed E-state index contributed by atoms with van der Waals surface area (Å²) >= 11 is 0. The number of rotatable bonds is 10. The summed E-state index contributed by atoms with van der Waals surface area (Å²) in [4.78, 5) is 15.2. The molecule has 0 N–H and O–H groups in total. The van der Waals surface area contributed by atoms with E-state index in [-0.39, 0.29) is 29.8 Å². The van der Waals surface area contributed by atoms with Crippen LogP contribution in [0.3, 0.4) is 0 Å². The van der Waals surface area contributed by atoms with Crippen LogP contribution in [0.2, 0.25) is 0 Å². The molecule has 188 valence electrons. The number of anilines is 1. The normalized spacial score (nSPS) is 11.5. The molecule has 9 heteroatoms. The summed E-state index contributed by atoms with van der Waals surface area (Å²) in [5, 5.41) is 4.18. The molecule has 0 saturated carbocycles. The van der Waals surface area contributed by atoms with E-state index in [1.807, 2.05) is 40.9 Å². The molecule has 0 bridgehead atoms. The minimum Gasteiger partial charge on any atom is -0.497 e. The molecule has 3 aromatic rings. The maximum absolute atomic E-state index is 13.7. The topological polar surface area (TPSA) is 84.7 Å². The Balaban J connectivity index is 1.89. The molecule has 8 nitrogen and oxygen atoms in total. The van der Waals surface area contributed by atoms with Crippen LogP contribution < -0.4 is 9.04 Å². The number of methoxy groups -OCH3 is 1. The molecule has 0 saturated heterocycles. The zero-order chi connectivity index (χ0) is 25.8. The third kappa shape index (κ3) is 6.22. The molecule has 0 aliphatic rings. The van der Waals surface area contributed by atoms with Gasteiger partial charge in [-0.25, -0.2) is 8.42 Å². The molecule has 0 spiro atoms. The molecule has 0 atom stereocenters. The lowest BCUT2D eigenvalue weighted by Gasteiger charge is -2.29. The van der Waals surface area contributed by atoms with Crippen molar-refractivity contribution in [2.75, 3.05) is 18.0 Å². The van der Waals surface area contributed by atoms with Gasteiger partial charge in [0.2, 0.25) is 5.91 Å². The Bertz CT molecular complexity index is 1270. The number of amides is 1. The molecule has 0 radical (unpaired) electrons. The zero-order valence-electron chi connectivity index (χ0n) is 21.2. The number of benzene rings is 2. The Hall–Kier alpha value is -3.33. The van der Waals surface area contributed by atoms with Gasteiger partial charge in [-0.15, -0.1) is 0 Å². The number of nitrogens with zero attached hydrogens (tertiary/aromatic N) is 4.